The molecule has 5 heteroatoms. The fourth-order valence-corrected chi connectivity index (χ4v) is 2.77. The molecule has 0 bridgehead atoms. The van der Waals surface area contributed by atoms with Crippen LogP contribution in [0, 0.1) is 0 Å². The molecule has 1 amide bonds. The number of benzene rings is 2. The highest BCUT2D eigenvalue weighted by Gasteiger charge is 2.11. The number of methoxy groups -OCH3 is 2. The lowest BCUT2D eigenvalue weighted by molar-refractivity contribution is 0.0955. The number of fused-ring (bicyclic) bond motifs is 1. The lowest BCUT2D eigenvalue weighted by Gasteiger charge is -2.11. The minimum absolute atomic E-state index is 0.0814. The number of ether oxygens (including phenoxy) is 2. The van der Waals surface area contributed by atoms with Gasteiger partial charge in [0, 0.05) is 29.2 Å². The highest BCUT2D eigenvalue weighted by molar-refractivity contribution is 6.06. The van der Waals surface area contributed by atoms with Crippen LogP contribution in [0.2, 0.25) is 0 Å². The fraction of sp³-hybridized carbons (Fsp3) is 0.211. The summed E-state index contributed by atoms with van der Waals surface area (Å²) in [4.78, 5) is 15.6. The highest BCUT2D eigenvalue weighted by atomic mass is 16.5. The number of hydrogen-bond acceptors (Lipinski definition) is 3. The first kappa shape index (κ1) is 15.9. The summed E-state index contributed by atoms with van der Waals surface area (Å²) in [5.74, 6) is 1.48. The summed E-state index contributed by atoms with van der Waals surface area (Å²) in [6.07, 6.45) is 2.50. The molecule has 1 heterocycles. The molecule has 0 atom stereocenters. The minimum atomic E-state index is -0.0814. The Bertz CT molecular complexity index is 855. The molecule has 124 valence electrons. The van der Waals surface area contributed by atoms with Gasteiger partial charge in [0.05, 0.1) is 14.2 Å². The molecule has 2 aromatic carbocycles. The van der Waals surface area contributed by atoms with Crippen LogP contribution in [0.5, 0.6) is 11.5 Å². The van der Waals surface area contributed by atoms with Gasteiger partial charge in [0.15, 0.2) is 0 Å². The molecule has 3 rings (SSSR count). The minimum Gasteiger partial charge on any atom is -0.497 e. The number of carbonyl (C=O) groups excluding carboxylic acids is 1. The molecule has 0 aliphatic rings. The smallest absolute Gasteiger partial charge is 0.251 e. The van der Waals surface area contributed by atoms with Gasteiger partial charge in [-0.2, -0.15) is 0 Å². The summed E-state index contributed by atoms with van der Waals surface area (Å²) in [6, 6.07) is 13.2. The molecule has 0 spiro atoms. The molecule has 0 saturated carbocycles. The van der Waals surface area contributed by atoms with E-state index in [4.69, 9.17) is 9.47 Å². The van der Waals surface area contributed by atoms with E-state index in [9.17, 15) is 4.79 Å². The van der Waals surface area contributed by atoms with E-state index in [0.717, 1.165) is 28.0 Å². The molecule has 0 aliphatic heterocycles. The molecule has 2 N–H and O–H groups in total. The van der Waals surface area contributed by atoms with Gasteiger partial charge in [-0.15, -0.1) is 0 Å². The lowest BCUT2D eigenvalue weighted by atomic mass is 10.1. The van der Waals surface area contributed by atoms with Crippen LogP contribution in [0.4, 0.5) is 0 Å². The van der Waals surface area contributed by atoms with Crippen molar-refractivity contribution in [3.8, 4) is 11.5 Å². The van der Waals surface area contributed by atoms with E-state index in [1.807, 2.05) is 48.7 Å². The van der Waals surface area contributed by atoms with Crippen molar-refractivity contribution in [2.45, 2.75) is 6.42 Å². The number of rotatable bonds is 6. The SMILES string of the molecule is COc1ccc(OC)c(CCNC(=O)c2cccc3[nH]ccc23)c1. The standard InChI is InChI=1S/C19H20N2O3/c1-23-14-6-7-18(24-2)13(12-14)8-10-21-19(22)16-4-3-5-17-15(16)9-11-20-17/h3-7,9,11-12,20H,8,10H2,1-2H3,(H,21,22). The second kappa shape index (κ2) is 7.08. The summed E-state index contributed by atoms with van der Waals surface area (Å²) in [5, 5.41) is 3.89. The maximum Gasteiger partial charge on any atom is 0.251 e. The zero-order valence-corrected chi connectivity index (χ0v) is 13.8. The Kier molecular flexibility index (Phi) is 4.70. The average molecular weight is 324 g/mol. The first-order valence-electron chi connectivity index (χ1n) is 7.78. The van der Waals surface area contributed by atoms with Gasteiger partial charge in [0.2, 0.25) is 0 Å². The van der Waals surface area contributed by atoms with E-state index in [1.54, 1.807) is 14.2 Å². The molecule has 3 aromatic rings. The Morgan fingerprint density at radius 1 is 1.12 bits per heavy atom. The third-order valence-electron chi connectivity index (χ3n) is 4.01. The highest BCUT2D eigenvalue weighted by Crippen LogP contribution is 2.24. The summed E-state index contributed by atoms with van der Waals surface area (Å²) in [6.45, 7) is 0.517. The largest absolute Gasteiger partial charge is 0.497 e. The van der Waals surface area contributed by atoms with E-state index < -0.39 is 0 Å². The van der Waals surface area contributed by atoms with Crippen molar-refractivity contribution in [2.75, 3.05) is 20.8 Å². The van der Waals surface area contributed by atoms with Gasteiger partial charge in [-0.25, -0.2) is 0 Å². The van der Waals surface area contributed by atoms with Crippen LogP contribution in [0.25, 0.3) is 10.9 Å². The summed E-state index contributed by atoms with van der Waals surface area (Å²) in [7, 11) is 3.27. The quantitative estimate of drug-likeness (QED) is 0.732. The van der Waals surface area contributed by atoms with Gasteiger partial charge < -0.3 is 19.8 Å². The number of nitrogens with one attached hydrogen (secondary N) is 2. The van der Waals surface area contributed by atoms with Crippen molar-refractivity contribution >= 4 is 16.8 Å². The molecular formula is C19H20N2O3. The van der Waals surface area contributed by atoms with Crippen LogP contribution in [0.15, 0.2) is 48.7 Å². The van der Waals surface area contributed by atoms with Gasteiger partial charge in [0.25, 0.3) is 5.91 Å². The van der Waals surface area contributed by atoms with Gasteiger partial charge >= 0.3 is 0 Å². The summed E-state index contributed by atoms with van der Waals surface area (Å²) >= 11 is 0. The number of amides is 1. The van der Waals surface area contributed by atoms with Crippen molar-refractivity contribution in [3.63, 3.8) is 0 Å². The Hall–Kier alpha value is -2.95. The number of carbonyl (C=O) groups is 1. The van der Waals surface area contributed by atoms with Crippen molar-refractivity contribution in [1.82, 2.24) is 10.3 Å². The van der Waals surface area contributed by atoms with Crippen LogP contribution in [0.3, 0.4) is 0 Å². The molecule has 0 radical (unpaired) electrons. The van der Waals surface area contributed by atoms with Crippen LogP contribution in [-0.2, 0) is 6.42 Å². The third kappa shape index (κ3) is 3.20. The van der Waals surface area contributed by atoms with E-state index >= 15 is 0 Å². The Morgan fingerprint density at radius 3 is 2.79 bits per heavy atom. The lowest BCUT2D eigenvalue weighted by Crippen LogP contribution is -2.25. The van der Waals surface area contributed by atoms with Crippen molar-refractivity contribution in [1.29, 1.82) is 0 Å². The average Bonchev–Trinajstić information content (AvgIpc) is 3.10. The van der Waals surface area contributed by atoms with Crippen molar-refractivity contribution in [3.05, 3.63) is 59.8 Å². The molecule has 0 saturated heterocycles. The van der Waals surface area contributed by atoms with Crippen molar-refractivity contribution in [2.24, 2.45) is 0 Å². The van der Waals surface area contributed by atoms with Crippen molar-refractivity contribution < 1.29 is 14.3 Å². The molecule has 24 heavy (non-hydrogen) atoms. The van der Waals surface area contributed by atoms with Gasteiger partial charge in [-0.05, 0) is 48.4 Å². The maximum absolute atomic E-state index is 12.4. The van der Waals surface area contributed by atoms with E-state index in [1.165, 1.54) is 0 Å². The number of hydrogen-bond donors (Lipinski definition) is 2. The Morgan fingerprint density at radius 2 is 2.00 bits per heavy atom. The third-order valence-corrected chi connectivity index (χ3v) is 4.01. The van der Waals surface area contributed by atoms with Gasteiger partial charge in [-0.1, -0.05) is 6.07 Å². The molecule has 0 unspecified atom stereocenters. The van der Waals surface area contributed by atoms with E-state index in [-0.39, 0.29) is 5.91 Å². The molecule has 1 aromatic heterocycles. The first-order valence-corrected chi connectivity index (χ1v) is 7.78. The molecule has 0 aliphatic carbocycles. The monoisotopic (exact) mass is 324 g/mol. The zero-order valence-electron chi connectivity index (χ0n) is 13.8. The Balaban J connectivity index is 1.68. The first-order chi connectivity index (χ1) is 11.7. The number of aromatic nitrogens is 1. The van der Waals surface area contributed by atoms with Gasteiger partial charge in [-0.3, -0.25) is 4.79 Å². The fourth-order valence-electron chi connectivity index (χ4n) is 2.77. The number of H-pyrrole nitrogens is 1. The van der Waals surface area contributed by atoms with Crippen LogP contribution in [0.1, 0.15) is 15.9 Å². The zero-order chi connectivity index (χ0) is 16.9. The predicted molar refractivity (Wildman–Crippen MR) is 93.9 cm³/mol. The maximum atomic E-state index is 12.4. The van der Waals surface area contributed by atoms with E-state index in [0.29, 0.717) is 18.5 Å². The van der Waals surface area contributed by atoms with Gasteiger partial charge in [0.1, 0.15) is 11.5 Å². The van der Waals surface area contributed by atoms with Crippen LogP contribution < -0.4 is 14.8 Å². The predicted octanol–water partition coefficient (Wildman–Crippen LogP) is 3.16. The van der Waals surface area contributed by atoms with E-state index in [2.05, 4.69) is 10.3 Å². The topological polar surface area (TPSA) is 63.4 Å². The summed E-state index contributed by atoms with van der Waals surface area (Å²) in [5.41, 5.74) is 2.63. The Labute approximate surface area is 140 Å². The number of aromatic amines is 1. The molecular weight excluding hydrogens is 304 g/mol. The van der Waals surface area contributed by atoms with Crippen LogP contribution in [-0.4, -0.2) is 31.7 Å². The normalized spacial score (nSPS) is 10.6. The van der Waals surface area contributed by atoms with Crippen LogP contribution >= 0.6 is 0 Å². The molecule has 5 nitrogen and oxygen atoms in total. The summed E-state index contributed by atoms with van der Waals surface area (Å²) < 4.78 is 10.6. The second-order valence-electron chi connectivity index (χ2n) is 5.43. The second-order valence-corrected chi connectivity index (χ2v) is 5.43. The molecule has 0 fully saturated rings.